The van der Waals surface area contributed by atoms with Crippen molar-refractivity contribution in [3.05, 3.63) is 36.0 Å². The van der Waals surface area contributed by atoms with Crippen LogP contribution in [-0.2, 0) is 0 Å². The number of aliphatic imine (C=N–C) groups is 1. The van der Waals surface area contributed by atoms with Crippen LogP contribution < -0.4 is 9.47 Å². The van der Waals surface area contributed by atoms with Crippen LogP contribution in [-0.4, -0.2) is 19.9 Å². The van der Waals surface area contributed by atoms with Crippen molar-refractivity contribution < 1.29 is 9.47 Å². The molecular formula is C13H15NO2. The lowest BCUT2D eigenvalue weighted by Crippen LogP contribution is -1.98. The molecule has 0 atom stereocenters. The average molecular weight is 217 g/mol. The number of methoxy groups -OCH3 is 2. The minimum absolute atomic E-state index is 0.736. The maximum Gasteiger partial charge on any atom is 0.161 e. The van der Waals surface area contributed by atoms with Gasteiger partial charge < -0.3 is 9.47 Å². The Morgan fingerprint density at radius 3 is 2.44 bits per heavy atom. The summed E-state index contributed by atoms with van der Waals surface area (Å²) in [5.74, 6) is 1.48. The molecule has 1 aromatic rings. The first kappa shape index (κ1) is 10.7. The fourth-order valence-electron chi connectivity index (χ4n) is 1.79. The van der Waals surface area contributed by atoms with E-state index in [0.29, 0.717) is 0 Å². The summed E-state index contributed by atoms with van der Waals surface area (Å²) in [7, 11) is 3.27. The molecule has 1 heterocycles. The zero-order chi connectivity index (χ0) is 11.5. The summed E-state index contributed by atoms with van der Waals surface area (Å²) >= 11 is 0. The number of ether oxygens (including phenoxy) is 2. The lowest BCUT2D eigenvalue weighted by Gasteiger charge is -2.09. The predicted molar refractivity (Wildman–Crippen MR) is 64.5 cm³/mol. The van der Waals surface area contributed by atoms with Crippen LogP contribution in [0.25, 0.3) is 0 Å². The normalized spacial score (nSPS) is 14.9. The number of benzene rings is 1. The molecule has 1 aliphatic heterocycles. The molecule has 0 unspecified atom stereocenters. The number of hydrogen-bond donors (Lipinski definition) is 0. The van der Waals surface area contributed by atoms with Gasteiger partial charge in [-0.25, -0.2) is 0 Å². The van der Waals surface area contributed by atoms with E-state index in [1.165, 1.54) is 0 Å². The number of hydrogen-bond acceptors (Lipinski definition) is 3. The molecule has 0 amide bonds. The molecule has 2 rings (SSSR count). The Labute approximate surface area is 95.4 Å². The van der Waals surface area contributed by atoms with Gasteiger partial charge in [0.2, 0.25) is 0 Å². The fourth-order valence-corrected chi connectivity index (χ4v) is 1.79. The highest BCUT2D eigenvalue weighted by atomic mass is 16.5. The highest BCUT2D eigenvalue weighted by molar-refractivity contribution is 6.03. The van der Waals surface area contributed by atoms with Gasteiger partial charge >= 0.3 is 0 Å². The minimum Gasteiger partial charge on any atom is -0.493 e. The van der Waals surface area contributed by atoms with E-state index in [9.17, 15) is 0 Å². The van der Waals surface area contributed by atoms with Crippen LogP contribution in [0.1, 0.15) is 18.4 Å². The average Bonchev–Trinajstić information content (AvgIpc) is 2.75. The standard InChI is InChI=1S/C13H15NO2/c1-9-4-6-11(14-9)10-5-7-12(15-2)13(8-10)16-3/h5,7-8H,1,4,6H2,2-3H3. The zero-order valence-electron chi connectivity index (χ0n) is 9.62. The molecule has 0 radical (unpaired) electrons. The second-order valence-corrected chi connectivity index (χ2v) is 3.69. The van der Waals surface area contributed by atoms with Crippen molar-refractivity contribution in [2.24, 2.45) is 4.99 Å². The predicted octanol–water partition coefficient (Wildman–Crippen LogP) is 2.80. The second kappa shape index (κ2) is 4.39. The van der Waals surface area contributed by atoms with Gasteiger partial charge in [-0.1, -0.05) is 6.58 Å². The van der Waals surface area contributed by atoms with Crippen molar-refractivity contribution in [3.63, 3.8) is 0 Å². The number of allylic oxidation sites excluding steroid dienone is 1. The first-order valence-corrected chi connectivity index (χ1v) is 5.22. The van der Waals surface area contributed by atoms with Gasteiger partial charge in [-0.15, -0.1) is 0 Å². The molecule has 3 nitrogen and oxygen atoms in total. The Morgan fingerprint density at radius 1 is 1.12 bits per heavy atom. The van der Waals surface area contributed by atoms with Crippen LogP contribution in [0.3, 0.4) is 0 Å². The van der Waals surface area contributed by atoms with E-state index in [1.54, 1.807) is 14.2 Å². The van der Waals surface area contributed by atoms with E-state index in [2.05, 4.69) is 11.6 Å². The first-order valence-electron chi connectivity index (χ1n) is 5.22. The first-order chi connectivity index (χ1) is 7.74. The Morgan fingerprint density at radius 2 is 1.88 bits per heavy atom. The third-order valence-corrected chi connectivity index (χ3v) is 2.66. The second-order valence-electron chi connectivity index (χ2n) is 3.69. The molecule has 1 aliphatic rings. The van der Waals surface area contributed by atoms with Crippen molar-refractivity contribution in [2.75, 3.05) is 14.2 Å². The SMILES string of the molecule is C=C1CCC(c2ccc(OC)c(OC)c2)=N1. The van der Waals surface area contributed by atoms with Gasteiger partial charge in [-0.2, -0.15) is 0 Å². The van der Waals surface area contributed by atoms with Crippen molar-refractivity contribution in [1.29, 1.82) is 0 Å². The topological polar surface area (TPSA) is 30.8 Å². The summed E-state index contributed by atoms with van der Waals surface area (Å²) in [5.41, 5.74) is 3.10. The highest BCUT2D eigenvalue weighted by Gasteiger charge is 2.13. The molecule has 3 heteroatoms. The van der Waals surface area contributed by atoms with Gasteiger partial charge in [0.1, 0.15) is 0 Å². The van der Waals surface area contributed by atoms with Crippen LogP contribution in [0.2, 0.25) is 0 Å². The van der Waals surface area contributed by atoms with E-state index in [0.717, 1.165) is 41.3 Å². The third-order valence-electron chi connectivity index (χ3n) is 2.66. The van der Waals surface area contributed by atoms with Crippen LogP contribution >= 0.6 is 0 Å². The molecule has 0 spiro atoms. The number of nitrogens with zero attached hydrogens (tertiary/aromatic N) is 1. The van der Waals surface area contributed by atoms with Crippen LogP contribution in [0, 0.1) is 0 Å². The molecule has 16 heavy (non-hydrogen) atoms. The van der Waals surface area contributed by atoms with E-state index in [1.807, 2.05) is 18.2 Å². The third kappa shape index (κ3) is 1.94. The molecule has 0 aliphatic carbocycles. The van der Waals surface area contributed by atoms with Gasteiger partial charge in [0.25, 0.3) is 0 Å². The van der Waals surface area contributed by atoms with Crippen LogP contribution in [0.5, 0.6) is 11.5 Å². The van der Waals surface area contributed by atoms with E-state index >= 15 is 0 Å². The minimum atomic E-state index is 0.736. The fraction of sp³-hybridized carbons (Fsp3) is 0.308. The maximum atomic E-state index is 5.26. The summed E-state index contributed by atoms with van der Waals surface area (Å²) < 4.78 is 10.5. The molecule has 84 valence electrons. The van der Waals surface area contributed by atoms with E-state index < -0.39 is 0 Å². The van der Waals surface area contributed by atoms with Crippen molar-refractivity contribution >= 4 is 5.71 Å². The lowest BCUT2D eigenvalue weighted by atomic mass is 10.1. The van der Waals surface area contributed by atoms with Gasteiger partial charge in [-0.3, -0.25) is 4.99 Å². The van der Waals surface area contributed by atoms with Gasteiger partial charge in [0.05, 0.1) is 14.2 Å². The maximum absolute atomic E-state index is 5.26. The quantitative estimate of drug-likeness (QED) is 0.779. The molecule has 1 aromatic carbocycles. The van der Waals surface area contributed by atoms with Gasteiger partial charge in [0, 0.05) is 11.4 Å². The van der Waals surface area contributed by atoms with Crippen molar-refractivity contribution in [2.45, 2.75) is 12.8 Å². The molecule has 0 saturated carbocycles. The molecule has 0 fully saturated rings. The summed E-state index contributed by atoms with van der Waals surface area (Å²) in [6.07, 6.45) is 1.90. The van der Waals surface area contributed by atoms with Crippen LogP contribution in [0.15, 0.2) is 35.5 Å². The summed E-state index contributed by atoms with van der Waals surface area (Å²) in [6.45, 7) is 3.86. The van der Waals surface area contributed by atoms with Crippen molar-refractivity contribution in [3.8, 4) is 11.5 Å². The number of rotatable bonds is 3. The molecule has 0 saturated heterocycles. The zero-order valence-corrected chi connectivity index (χ0v) is 9.62. The monoisotopic (exact) mass is 217 g/mol. The summed E-state index contributed by atoms with van der Waals surface area (Å²) in [5, 5.41) is 0. The molecule has 0 N–H and O–H groups in total. The Hall–Kier alpha value is -1.77. The highest BCUT2D eigenvalue weighted by Crippen LogP contribution is 2.30. The van der Waals surface area contributed by atoms with E-state index in [4.69, 9.17) is 9.47 Å². The van der Waals surface area contributed by atoms with Crippen molar-refractivity contribution in [1.82, 2.24) is 0 Å². The largest absolute Gasteiger partial charge is 0.493 e. The molecule has 0 bridgehead atoms. The van der Waals surface area contributed by atoms with Gasteiger partial charge in [-0.05, 0) is 36.6 Å². The van der Waals surface area contributed by atoms with Gasteiger partial charge in [0.15, 0.2) is 11.5 Å². The molecular weight excluding hydrogens is 202 g/mol. The summed E-state index contributed by atoms with van der Waals surface area (Å²) in [6, 6.07) is 5.85. The smallest absolute Gasteiger partial charge is 0.161 e. The Balaban J connectivity index is 2.36. The van der Waals surface area contributed by atoms with E-state index in [-0.39, 0.29) is 0 Å². The Bertz CT molecular complexity index is 449. The summed E-state index contributed by atoms with van der Waals surface area (Å²) in [4.78, 5) is 4.42. The molecule has 0 aromatic heterocycles. The van der Waals surface area contributed by atoms with Crippen LogP contribution in [0.4, 0.5) is 0 Å². The Kier molecular flexibility index (Phi) is 2.95. The lowest BCUT2D eigenvalue weighted by molar-refractivity contribution is 0.355.